The molecule has 3 N–H and O–H groups in total. The van der Waals surface area contributed by atoms with Crippen LogP contribution in [0, 0.1) is 0 Å². The lowest BCUT2D eigenvalue weighted by atomic mass is 10.3. The van der Waals surface area contributed by atoms with Crippen molar-refractivity contribution in [3.05, 3.63) is 24.3 Å². The van der Waals surface area contributed by atoms with E-state index in [1.807, 2.05) is 26.8 Å². The Labute approximate surface area is 154 Å². The maximum Gasteiger partial charge on any atom is 0.239 e. The Kier molecular flexibility index (Phi) is 9.14. The van der Waals surface area contributed by atoms with Gasteiger partial charge in [-0.15, -0.1) is 0 Å². The van der Waals surface area contributed by atoms with Crippen LogP contribution in [0.5, 0.6) is 5.75 Å². The monoisotopic (exact) mass is 364 g/mol. The third-order valence-electron chi connectivity index (χ3n) is 3.46. The van der Waals surface area contributed by atoms with Crippen LogP contribution in [-0.2, 0) is 14.4 Å². The van der Waals surface area contributed by atoms with Gasteiger partial charge in [0.1, 0.15) is 5.75 Å². The van der Waals surface area contributed by atoms with Gasteiger partial charge in [0.05, 0.1) is 32.4 Å². The molecule has 0 radical (unpaired) electrons. The highest BCUT2D eigenvalue weighted by Crippen LogP contribution is 2.22. The lowest BCUT2D eigenvalue weighted by molar-refractivity contribution is -0.127. The van der Waals surface area contributed by atoms with Gasteiger partial charge in [-0.2, -0.15) is 0 Å². The second-order valence-electron chi connectivity index (χ2n) is 6.05. The summed E-state index contributed by atoms with van der Waals surface area (Å²) in [5.74, 6) is -0.235. The second kappa shape index (κ2) is 11.1. The van der Waals surface area contributed by atoms with E-state index in [0.29, 0.717) is 18.0 Å². The Bertz CT molecular complexity index is 619. The molecule has 0 aliphatic heterocycles. The van der Waals surface area contributed by atoms with Crippen LogP contribution < -0.4 is 20.7 Å². The van der Waals surface area contributed by atoms with Gasteiger partial charge in [0.2, 0.25) is 17.7 Å². The summed E-state index contributed by atoms with van der Waals surface area (Å²) in [4.78, 5) is 37.4. The maximum absolute atomic E-state index is 12.2. The summed E-state index contributed by atoms with van der Waals surface area (Å²) in [6.45, 7) is 6.07. The highest BCUT2D eigenvalue weighted by molar-refractivity contribution is 5.94. The van der Waals surface area contributed by atoms with Crippen LogP contribution in [0.25, 0.3) is 0 Å². The Morgan fingerprint density at radius 2 is 1.73 bits per heavy atom. The number of likely N-dealkylation sites (N-methyl/N-ethyl adjacent to an activating group) is 1. The summed E-state index contributed by atoms with van der Waals surface area (Å²) >= 11 is 0. The highest BCUT2D eigenvalue weighted by atomic mass is 16.5. The number of carbonyl (C=O) groups is 3. The number of benzene rings is 1. The largest absolute Gasteiger partial charge is 0.495 e. The molecule has 3 amide bonds. The van der Waals surface area contributed by atoms with E-state index in [1.54, 1.807) is 23.1 Å². The van der Waals surface area contributed by atoms with Crippen molar-refractivity contribution >= 4 is 23.4 Å². The standard InChI is InChI=1S/C18H28N4O4/c1-5-22(11-17(24)19-10-16(23)20-13(2)3)12-18(25)21-14-8-6-7-9-15(14)26-4/h6-9,13H,5,10-12H2,1-4H3,(H,19,24)(H,20,23)(H,21,25). The second-order valence-corrected chi connectivity index (χ2v) is 6.05. The molecule has 0 saturated carbocycles. The van der Waals surface area contributed by atoms with Gasteiger partial charge in [0.25, 0.3) is 0 Å². The SMILES string of the molecule is CCN(CC(=O)NCC(=O)NC(C)C)CC(=O)Nc1ccccc1OC. The van der Waals surface area contributed by atoms with Gasteiger partial charge in [0.15, 0.2) is 0 Å². The molecular weight excluding hydrogens is 336 g/mol. The van der Waals surface area contributed by atoms with Crippen LogP contribution in [-0.4, -0.2) is 62.0 Å². The zero-order valence-corrected chi connectivity index (χ0v) is 15.8. The van der Waals surface area contributed by atoms with Crippen molar-refractivity contribution in [2.45, 2.75) is 26.8 Å². The number of nitrogens with one attached hydrogen (secondary N) is 3. The van der Waals surface area contributed by atoms with E-state index >= 15 is 0 Å². The number of carbonyl (C=O) groups excluding carboxylic acids is 3. The van der Waals surface area contributed by atoms with Gasteiger partial charge >= 0.3 is 0 Å². The summed E-state index contributed by atoms with van der Waals surface area (Å²) < 4.78 is 5.19. The molecule has 0 aliphatic carbocycles. The third kappa shape index (κ3) is 7.98. The van der Waals surface area contributed by atoms with Crippen molar-refractivity contribution in [1.29, 1.82) is 0 Å². The first-order valence-corrected chi connectivity index (χ1v) is 8.57. The minimum absolute atomic E-state index is 0.0187. The van der Waals surface area contributed by atoms with Crippen LogP contribution in [0.2, 0.25) is 0 Å². The predicted octanol–water partition coefficient (Wildman–Crippen LogP) is 0.596. The molecule has 26 heavy (non-hydrogen) atoms. The number of hydrogen-bond donors (Lipinski definition) is 3. The zero-order valence-electron chi connectivity index (χ0n) is 15.8. The molecule has 0 spiro atoms. The van der Waals surface area contributed by atoms with Gasteiger partial charge < -0.3 is 20.7 Å². The predicted molar refractivity (Wildman–Crippen MR) is 100 cm³/mol. The summed E-state index contributed by atoms with van der Waals surface area (Å²) in [5, 5.41) is 8.01. The van der Waals surface area contributed by atoms with Crippen LogP contribution in [0.15, 0.2) is 24.3 Å². The lowest BCUT2D eigenvalue weighted by Crippen LogP contribution is -2.45. The minimum Gasteiger partial charge on any atom is -0.495 e. The number of anilines is 1. The van der Waals surface area contributed by atoms with Gasteiger partial charge in [-0.3, -0.25) is 19.3 Å². The maximum atomic E-state index is 12.2. The van der Waals surface area contributed by atoms with Crippen LogP contribution in [0.1, 0.15) is 20.8 Å². The van der Waals surface area contributed by atoms with Crippen LogP contribution in [0.3, 0.4) is 0 Å². The van der Waals surface area contributed by atoms with Crippen LogP contribution >= 0.6 is 0 Å². The molecule has 1 aromatic carbocycles. The fourth-order valence-corrected chi connectivity index (χ4v) is 2.23. The fourth-order valence-electron chi connectivity index (χ4n) is 2.23. The van der Waals surface area contributed by atoms with E-state index in [4.69, 9.17) is 4.74 Å². The number of nitrogens with zero attached hydrogens (tertiary/aromatic N) is 1. The number of amides is 3. The van der Waals surface area contributed by atoms with Crippen molar-refractivity contribution in [1.82, 2.24) is 15.5 Å². The smallest absolute Gasteiger partial charge is 0.239 e. The van der Waals surface area contributed by atoms with E-state index in [1.165, 1.54) is 7.11 Å². The average Bonchev–Trinajstić information content (AvgIpc) is 2.59. The van der Waals surface area contributed by atoms with E-state index in [9.17, 15) is 14.4 Å². The summed E-state index contributed by atoms with van der Waals surface area (Å²) in [6.07, 6.45) is 0. The minimum atomic E-state index is -0.309. The first-order chi connectivity index (χ1) is 12.3. The number of para-hydroxylation sites is 2. The van der Waals surface area contributed by atoms with E-state index < -0.39 is 0 Å². The number of ether oxygens (including phenoxy) is 1. The Balaban J connectivity index is 2.46. The summed E-state index contributed by atoms with van der Waals surface area (Å²) in [7, 11) is 1.53. The molecular formula is C18H28N4O4. The molecule has 8 nitrogen and oxygen atoms in total. The molecule has 0 atom stereocenters. The van der Waals surface area contributed by atoms with Crippen molar-refractivity contribution in [3.63, 3.8) is 0 Å². The Hall–Kier alpha value is -2.61. The van der Waals surface area contributed by atoms with E-state index in [0.717, 1.165) is 0 Å². The summed E-state index contributed by atoms with van der Waals surface area (Å²) in [5.41, 5.74) is 0.575. The van der Waals surface area contributed by atoms with Crippen LogP contribution in [0.4, 0.5) is 5.69 Å². The van der Waals surface area contributed by atoms with Crippen molar-refractivity contribution in [3.8, 4) is 5.75 Å². The molecule has 0 bridgehead atoms. The number of rotatable bonds is 10. The molecule has 1 rings (SSSR count). The molecule has 1 aromatic rings. The molecule has 144 valence electrons. The number of hydrogen-bond acceptors (Lipinski definition) is 5. The highest BCUT2D eigenvalue weighted by Gasteiger charge is 2.15. The topological polar surface area (TPSA) is 99.8 Å². The normalized spacial score (nSPS) is 10.5. The van der Waals surface area contributed by atoms with Gasteiger partial charge in [0, 0.05) is 6.04 Å². The molecule has 0 unspecified atom stereocenters. The molecule has 0 heterocycles. The molecule has 0 fully saturated rings. The average molecular weight is 364 g/mol. The quantitative estimate of drug-likeness (QED) is 0.564. The lowest BCUT2D eigenvalue weighted by Gasteiger charge is -2.20. The Morgan fingerprint density at radius 3 is 2.35 bits per heavy atom. The molecule has 8 heteroatoms. The van der Waals surface area contributed by atoms with Gasteiger partial charge in [-0.05, 0) is 32.5 Å². The van der Waals surface area contributed by atoms with Crippen molar-refractivity contribution < 1.29 is 19.1 Å². The zero-order chi connectivity index (χ0) is 19.5. The third-order valence-corrected chi connectivity index (χ3v) is 3.46. The van der Waals surface area contributed by atoms with E-state index in [-0.39, 0.29) is 43.4 Å². The molecule has 0 aromatic heterocycles. The first kappa shape index (κ1) is 21.4. The number of methoxy groups -OCH3 is 1. The molecule has 0 aliphatic rings. The van der Waals surface area contributed by atoms with Crippen molar-refractivity contribution in [2.75, 3.05) is 38.6 Å². The Morgan fingerprint density at radius 1 is 1.08 bits per heavy atom. The first-order valence-electron chi connectivity index (χ1n) is 8.57. The van der Waals surface area contributed by atoms with Gasteiger partial charge in [-0.1, -0.05) is 19.1 Å². The fraction of sp³-hybridized carbons (Fsp3) is 0.500. The van der Waals surface area contributed by atoms with Gasteiger partial charge in [-0.25, -0.2) is 0 Å². The van der Waals surface area contributed by atoms with Crippen molar-refractivity contribution in [2.24, 2.45) is 0 Å². The summed E-state index contributed by atoms with van der Waals surface area (Å²) in [6, 6.07) is 7.12. The van der Waals surface area contributed by atoms with E-state index in [2.05, 4.69) is 16.0 Å². The molecule has 0 saturated heterocycles.